The van der Waals surface area contributed by atoms with Crippen molar-refractivity contribution in [2.75, 3.05) is 13.2 Å². The second-order valence-electron chi connectivity index (χ2n) is 8.32. The van der Waals surface area contributed by atoms with Gasteiger partial charge in [-0.15, -0.1) is 0 Å². The van der Waals surface area contributed by atoms with Crippen molar-refractivity contribution >= 4 is 11.6 Å². The van der Waals surface area contributed by atoms with E-state index in [1.54, 1.807) is 6.07 Å². The molecule has 1 unspecified atom stereocenters. The first-order chi connectivity index (χ1) is 12.9. The average Bonchev–Trinajstić information content (AvgIpc) is 2.61. The van der Waals surface area contributed by atoms with E-state index >= 15 is 0 Å². The summed E-state index contributed by atoms with van der Waals surface area (Å²) in [5.74, 6) is -0.150. The van der Waals surface area contributed by atoms with Gasteiger partial charge in [0, 0.05) is 23.7 Å². The molecule has 2 aromatic rings. The predicted molar refractivity (Wildman–Crippen MR) is 110 cm³/mol. The Morgan fingerprint density at radius 3 is 2.48 bits per heavy atom. The molecule has 2 aromatic carbocycles. The highest BCUT2D eigenvalue weighted by molar-refractivity contribution is 6.31. The maximum absolute atomic E-state index is 13.8. The second kappa shape index (κ2) is 8.72. The second-order valence-corrected chi connectivity index (χ2v) is 8.73. The van der Waals surface area contributed by atoms with Crippen LogP contribution in [0, 0.1) is 11.2 Å². The molecule has 0 radical (unpaired) electrons. The number of hydrogen-bond donors (Lipinski definition) is 1. The van der Waals surface area contributed by atoms with Crippen LogP contribution in [0.5, 0.6) is 0 Å². The number of halogens is 2. The van der Waals surface area contributed by atoms with E-state index in [1.165, 1.54) is 11.6 Å². The highest BCUT2D eigenvalue weighted by Gasteiger charge is 2.40. The SMILES string of the molecule is CC1(C)CC(CCNCc2ccccc2F)(Cc2ccccc2Cl)CCO1. The van der Waals surface area contributed by atoms with Gasteiger partial charge < -0.3 is 10.1 Å². The summed E-state index contributed by atoms with van der Waals surface area (Å²) in [4.78, 5) is 0. The number of ether oxygens (including phenoxy) is 1. The van der Waals surface area contributed by atoms with E-state index in [0.29, 0.717) is 12.1 Å². The highest BCUT2D eigenvalue weighted by atomic mass is 35.5. The Morgan fingerprint density at radius 2 is 1.78 bits per heavy atom. The fourth-order valence-corrected chi connectivity index (χ4v) is 4.51. The minimum absolute atomic E-state index is 0.134. The Kier molecular flexibility index (Phi) is 6.56. The molecule has 1 saturated heterocycles. The van der Waals surface area contributed by atoms with E-state index in [2.05, 4.69) is 31.3 Å². The van der Waals surface area contributed by atoms with Gasteiger partial charge in [0.15, 0.2) is 0 Å². The molecule has 1 aliphatic heterocycles. The van der Waals surface area contributed by atoms with Crippen molar-refractivity contribution in [2.45, 2.75) is 51.7 Å². The summed E-state index contributed by atoms with van der Waals surface area (Å²) in [5.41, 5.74) is 1.91. The summed E-state index contributed by atoms with van der Waals surface area (Å²) < 4.78 is 19.8. The van der Waals surface area contributed by atoms with Gasteiger partial charge in [0.1, 0.15) is 5.82 Å². The van der Waals surface area contributed by atoms with Crippen LogP contribution >= 0.6 is 11.6 Å². The van der Waals surface area contributed by atoms with Crippen LogP contribution in [0.2, 0.25) is 5.02 Å². The minimum Gasteiger partial charge on any atom is -0.376 e. The number of hydrogen-bond acceptors (Lipinski definition) is 2. The van der Waals surface area contributed by atoms with Crippen LogP contribution in [0.3, 0.4) is 0 Å². The summed E-state index contributed by atoms with van der Waals surface area (Å²) in [6, 6.07) is 15.1. The van der Waals surface area contributed by atoms with Crippen molar-refractivity contribution in [2.24, 2.45) is 5.41 Å². The fourth-order valence-electron chi connectivity index (χ4n) is 4.30. The van der Waals surface area contributed by atoms with E-state index < -0.39 is 0 Å². The van der Waals surface area contributed by atoms with Crippen molar-refractivity contribution in [3.63, 3.8) is 0 Å². The number of nitrogens with one attached hydrogen (secondary N) is 1. The molecule has 0 saturated carbocycles. The highest BCUT2D eigenvalue weighted by Crippen LogP contribution is 2.44. The van der Waals surface area contributed by atoms with Gasteiger partial charge in [0.05, 0.1) is 5.60 Å². The van der Waals surface area contributed by atoms with Crippen molar-refractivity contribution < 1.29 is 9.13 Å². The predicted octanol–water partition coefficient (Wildman–Crippen LogP) is 5.78. The number of rotatable bonds is 7. The first-order valence-corrected chi connectivity index (χ1v) is 10.1. The van der Waals surface area contributed by atoms with Crippen molar-refractivity contribution in [3.05, 3.63) is 70.5 Å². The largest absolute Gasteiger partial charge is 0.376 e. The van der Waals surface area contributed by atoms with E-state index in [-0.39, 0.29) is 16.8 Å². The fraction of sp³-hybridized carbons (Fsp3) is 0.478. The maximum atomic E-state index is 13.8. The van der Waals surface area contributed by atoms with Crippen LogP contribution in [-0.4, -0.2) is 18.8 Å². The van der Waals surface area contributed by atoms with Gasteiger partial charge in [-0.3, -0.25) is 0 Å². The molecule has 146 valence electrons. The smallest absolute Gasteiger partial charge is 0.127 e. The van der Waals surface area contributed by atoms with Gasteiger partial charge in [0.2, 0.25) is 0 Å². The van der Waals surface area contributed by atoms with Crippen LogP contribution in [0.1, 0.15) is 44.2 Å². The van der Waals surface area contributed by atoms with Crippen LogP contribution in [0.15, 0.2) is 48.5 Å². The van der Waals surface area contributed by atoms with Gasteiger partial charge in [-0.2, -0.15) is 0 Å². The van der Waals surface area contributed by atoms with E-state index in [4.69, 9.17) is 16.3 Å². The Bertz CT molecular complexity index is 764. The number of benzene rings is 2. The van der Waals surface area contributed by atoms with Gasteiger partial charge in [0.25, 0.3) is 0 Å². The van der Waals surface area contributed by atoms with Gasteiger partial charge in [-0.25, -0.2) is 4.39 Å². The minimum atomic E-state index is -0.150. The quantitative estimate of drug-likeness (QED) is 0.606. The molecule has 1 aliphatic rings. The van der Waals surface area contributed by atoms with Crippen molar-refractivity contribution in [1.82, 2.24) is 5.32 Å². The Morgan fingerprint density at radius 1 is 1.07 bits per heavy atom. The van der Waals surface area contributed by atoms with Crippen molar-refractivity contribution in [1.29, 1.82) is 0 Å². The summed E-state index contributed by atoms with van der Waals surface area (Å²) in [6.45, 7) is 6.49. The monoisotopic (exact) mass is 389 g/mol. The lowest BCUT2D eigenvalue weighted by Gasteiger charge is -2.45. The lowest BCUT2D eigenvalue weighted by atomic mass is 9.68. The normalized spacial score (nSPS) is 21.9. The third-order valence-electron chi connectivity index (χ3n) is 5.55. The van der Waals surface area contributed by atoms with Gasteiger partial charge in [-0.1, -0.05) is 48.0 Å². The summed E-state index contributed by atoms with van der Waals surface area (Å²) >= 11 is 6.45. The van der Waals surface area contributed by atoms with Crippen molar-refractivity contribution in [3.8, 4) is 0 Å². The molecule has 1 fully saturated rings. The third kappa shape index (κ3) is 5.54. The molecular weight excluding hydrogens is 361 g/mol. The summed E-state index contributed by atoms with van der Waals surface area (Å²) in [5, 5.41) is 4.26. The molecule has 0 aliphatic carbocycles. The van der Waals surface area contributed by atoms with Gasteiger partial charge >= 0.3 is 0 Å². The molecule has 0 aromatic heterocycles. The molecule has 1 atom stereocenters. The first kappa shape index (κ1) is 20.3. The topological polar surface area (TPSA) is 21.3 Å². The molecule has 0 spiro atoms. The molecule has 2 nitrogen and oxygen atoms in total. The molecule has 27 heavy (non-hydrogen) atoms. The zero-order valence-corrected chi connectivity index (χ0v) is 17.0. The zero-order chi connectivity index (χ0) is 19.3. The Labute approximate surface area is 167 Å². The van der Waals surface area contributed by atoms with E-state index in [0.717, 1.165) is 43.9 Å². The van der Waals surface area contributed by atoms with Gasteiger partial charge in [-0.05, 0) is 69.2 Å². The van der Waals surface area contributed by atoms with Crippen LogP contribution in [-0.2, 0) is 17.7 Å². The lowest BCUT2D eigenvalue weighted by Crippen LogP contribution is -2.43. The summed E-state index contributed by atoms with van der Waals surface area (Å²) in [6.07, 6.45) is 3.97. The first-order valence-electron chi connectivity index (χ1n) is 9.71. The van der Waals surface area contributed by atoms with Crippen LogP contribution < -0.4 is 5.32 Å². The third-order valence-corrected chi connectivity index (χ3v) is 5.92. The standard InChI is InChI=1S/C23H29ClFNO/c1-22(2)17-23(12-14-27-22,15-18-7-3-5-9-20(18)24)11-13-26-16-19-8-4-6-10-21(19)25/h3-10,26H,11-17H2,1-2H3. The Balaban J connectivity index is 1.67. The molecule has 1 heterocycles. The van der Waals surface area contributed by atoms with Crippen LogP contribution in [0.25, 0.3) is 0 Å². The van der Waals surface area contributed by atoms with Crippen LogP contribution in [0.4, 0.5) is 4.39 Å². The van der Waals surface area contributed by atoms with E-state index in [9.17, 15) is 4.39 Å². The lowest BCUT2D eigenvalue weighted by molar-refractivity contribution is -0.107. The molecule has 1 N–H and O–H groups in total. The molecular formula is C23H29ClFNO. The molecule has 0 amide bonds. The average molecular weight is 390 g/mol. The molecule has 0 bridgehead atoms. The van der Waals surface area contributed by atoms with E-state index in [1.807, 2.05) is 24.3 Å². The molecule has 4 heteroatoms. The Hall–Kier alpha value is -1.42. The maximum Gasteiger partial charge on any atom is 0.127 e. The zero-order valence-electron chi connectivity index (χ0n) is 16.2. The summed E-state index contributed by atoms with van der Waals surface area (Å²) in [7, 11) is 0. The molecule has 3 rings (SSSR count).